The molecule has 7 heteroatoms. The van der Waals surface area contributed by atoms with Crippen molar-refractivity contribution in [3.05, 3.63) is 29.8 Å². The molecule has 3 rings (SSSR count). The van der Waals surface area contributed by atoms with Crippen molar-refractivity contribution in [2.45, 2.75) is 43.4 Å². The molecule has 26 heavy (non-hydrogen) atoms. The minimum Gasteiger partial charge on any atom is -0.352 e. The van der Waals surface area contributed by atoms with Crippen molar-refractivity contribution >= 4 is 15.9 Å². The lowest BCUT2D eigenvalue weighted by Gasteiger charge is -2.26. The van der Waals surface area contributed by atoms with Gasteiger partial charge >= 0.3 is 0 Å². The van der Waals surface area contributed by atoms with Crippen LogP contribution in [0.25, 0.3) is 0 Å². The predicted molar refractivity (Wildman–Crippen MR) is 102 cm³/mol. The second kappa shape index (κ2) is 8.97. The maximum absolute atomic E-state index is 13.0. The van der Waals surface area contributed by atoms with Gasteiger partial charge in [0.25, 0.3) is 5.91 Å². The molecular formula is C19H29N3O3S. The van der Waals surface area contributed by atoms with E-state index in [9.17, 15) is 13.2 Å². The van der Waals surface area contributed by atoms with Gasteiger partial charge < -0.3 is 10.6 Å². The Kier molecular flexibility index (Phi) is 6.67. The van der Waals surface area contributed by atoms with E-state index in [0.717, 1.165) is 38.8 Å². The molecule has 0 spiro atoms. The zero-order chi connectivity index (χ0) is 18.4. The minimum absolute atomic E-state index is 0.124. The number of benzene rings is 1. The van der Waals surface area contributed by atoms with Crippen molar-refractivity contribution in [2.24, 2.45) is 5.92 Å². The van der Waals surface area contributed by atoms with Crippen LogP contribution in [0.15, 0.2) is 29.2 Å². The van der Waals surface area contributed by atoms with E-state index in [1.54, 1.807) is 24.3 Å². The molecule has 2 N–H and O–H groups in total. The summed E-state index contributed by atoms with van der Waals surface area (Å²) in [6, 6.07) is 6.55. The molecule has 0 radical (unpaired) electrons. The first-order chi connectivity index (χ1) is 12.6. The Hall–Kier alpha value is -1.44. The van der Waals surface area contributed by atoms with Crippen molar-refractivity contribution in [1.82, 2.24) is 14.9 Å². The van der Waals surface area contributed by atoms with Crippen molar-refractivity contribution in [3.8, 4) is 0 Å². The fraction of sp³-hybridized carbons (Fsp3) is 0.632. The van der Waals surface area contributed by atoms with E-state index in [4.69, 9.17) is 0 Å². The van der Waals surface area contributed by atoms with E-state index < -0.39 is 10.0 Å². The molecule has 2 heterocycles. The molecule has 144 valence electrons. The molecule has 2 aliphatic rings. The van der Waals surface area contributed by atoms with Crippen LogP contribution in [0.5, 0.6) is 0 Å². The molecular weight excluding hydrogens is 350 g/mol. The Labute approximate surface area is 156 Å². The van der Waals surface area contributed by atoms with E-state index in [1.165, 1.54) is 17.1 Å². The number of hydrogen-bond donors (Lipinski definition) is 2. The van der Waals surface area contributed by atoms with Crippen molar-refractivity contribution < 1.29 is 13.2 Å². The molecule has 2 fully saturated rings. The van der Waals surface area contributed by atoms with E-state index >= 15 is 0 Å². The lowest BCUT2D eigenvalue weighted by atomic mass is 9.96. The summed E-state index contributed by atoms with van der Waals surface area (Å²) < 4.78 is 27.5. The van der Waals surface area contributed by atoms with Gasteiger partial charge in [-0.15, -0.1) is 0 Å². The van der Waals surface area contributed by atoms with E-state index in [1.807, 2.05) is 0 Å². The lowest BCUT2D eigenvalue weighted by Crippen LogP contribution is -2.37. The topological polar surface area (TPSA) is 78.5 Å². The van der Waals surface area contributed by atoms with Gasteiger partial charge in [-0.2, -0.15) is 4.31 Å². The first-order valence-electron chi connectivity index (χ1n) is 9.67. The number of hydrogen-bond acceptors (Lipinski definition) is 4. The van der Waals surface area contributed by atoms with Gasteiger partial charge in [0.1, 0.15) is 0 Å². The highest BCUT2D eigenvalue weighted by molar-refractivity contribution is 7.89. The van der Waals surface area contributed by atoms with Crippen molar-refractivity contribution in [3.63, 3.8) is 0 Å². The van der Waals surface area contributed by atoms with Crippen LogP contribution in [-0.2, 0) is 10.0 Å². The normalized spacial score (nSPS) is 22.1. The molecule has 2 aliphatic heterocycles. The van der Waals surface area contributed by atoms with Crippen LogP contribution in [0.3, 0.4) is 0 Å². The molecule has 1 atom stereocenters. The average Bonchev–Trinajstić information content (AvgIpc) is 2.69. The number of carbonyl (C=O) groups is 1. The van der Waals surface area contributed by atoms with Gasteiger partial charge in [0.05, 0.1) is 10.5 Å². The van der Waals surface area contributed by atoms with Gasteiger partial charge in [0.2, 0.25) is 10.0 Å². The van der Waals surface area contributed by atoms with Gasteiger partial charge in [0.15, 0.2) is 0 Å². The van der Waals surface area contributed by atoms with Crippen molar-refractivity contribution in [2.75, 3.05) is 32.7 Å². The third-order valence-corrected chi connectivity index (χ3v) is 7.26. The van der Waals surface area contributed by atoms with Crippen LogP contribution >= 0.6 is 0 Å². The number of sulfonamides is 1. The highest BCUT2D eigenvalue weighted by atomic mass is 32.2. The SMILES string of the molecule is O=C(NCCC1CCCNC1)c1ccccc1S(=O)(=O)N1CCCCC1. The summed E-state index contributed by atoms with van der Waals surface area (Å²) in [6.07, 6.45) is 6.09. The molecule has 0 saturated carbocycles. The van der Waals surface area contributed by atoms with Crippen LogP contribution in [-0.4, -0.2) is 51.4 Å². The summed E-state index contributed by atoms with van der Waals surface area (Å²) in [5.74, 6) is 0.279. The third-order valence-electron chi connectivity index (χ3n) is 5.30. The monoisotopic (exact) mass is 379 g/mol. The fourth-order valence-electron chi connectivity index (χ4n) is 3.78. The fourth-order valence-corrected chi connectivity index (χ4v) is 5.49. The lowest BCUT2D eigenvalue weighted by molar-refractivity contribution is 0.0947. The second-order valence-electron chi connectivity index (χ2n) is 7.22. The van der Waals surface area contributed by atoms with Crippen LogP contribution in [0.4, 0.5) is 0 Å². The zero-order valence-electron chi connectivity index (χ0n) is 15.2. The molecule has 1 unspecified atom stereocenters. The number of amides is 1. The van der Waals surface area contributed by atoms with Crippen LogP contribution in [0.2, 0.25) is 0 Å². The molecule has 6 nitrogen and oxygen atoms in total. The summed E-state index contributed by atoms with van der Waals surface area (Å²) in [6.45, 7) is 3.71. The number of nitrogens with one attached hydrogen (secondary N) is 2. The molecule has 1 aromatic rings. The zero-order valence-corrected chi connectivity index (χ0v) is 16.1. The molecule has 2 saturated heterocycles. The first-order valence-corrected chi connectivity index (χ1v) is 11.1. The summed E-state index contributed by atoms with van der Waals surface area (Å²) >= 11 is 0. The summed E-state index contributed by atoms with van der Waals surface area (Å²) in [5, 5.41) is 6.28. The van der Waals surface area contributed by atoms with Gasteiger partial charge in [-0.3, -0.25) is 4.79 Å². The van der Waals surface area contributed by atoms with E-state index in [0.29, 0.717) is 25.6 Å². The Morgan fingerprint density at radius 3 is 2.65 bits per heavy atom. The Morgan fingerprint density at radius 2 is 1.92 bits per heavy atom. The number of nitrogens with zero attached hydrogens (tertiary/aromatic N) is 1. The standard InChI is InChI=1S/C19H29N3O3S/c23-19(21-12-10-16-7-6-11-20-15-16)17-8-2-3-9-18(17)26(24,25)22-13-4-1-5-14-22/h2-3,8-9,16,20H,1,4-7,10-15H2,(H,21,23). The first kappa shape index (κ1) is 19.3. The highest BCUT2D eigenvalue weighted by Crippen LogP contribution is 2.23. The number of carbonyl (C=O) groups excluding carboxylic acids is 1. The predicted octanol–water partition coefficient (Wildman–Crippen LogP) is 1.98. The van der Waals surface area contributed by atoms with Crippen molar-refractivity contribution in [1.29, 1.82) is 0 Å². The van der Waals surface area contributed by atoms with Gasteiger partial charge in [-0.25, -0.2) is 8.42 Å². The van der Waals surface area contributed by atoms with Crippen LogP contribution < -0.4 is 10.6 Å². The largest absolute Gasteiger partial charge is 0.352 e. The quantitative estimate of drug-likeness (QED) is 0.792. The van der Waals surface area contributed by atoms with Gasteiger partial charge in [0, 0.05) is 19.6 Å². The summed E-state index contributed by atoms with van der Waals surface area (Å²) in [4.78, 5) is 12.8. The highest BCUT2D eigenvalue weighted by Gasteiger charge is 2.29. The van der Waals surface area contributed by atoms with Gasteiger partial charge in [-0.05, 0) is 63.2 Å². The Morgan fingerprint density at radius 1 is 1.15 bits per heavy atom. The molecule has 0 bridgehead atoms. The second-order valence-corrected chi connectivity index (χ2v) is 9.12. The molecule has 1 amide bonds. The minimum atomic E-state index is -3.62. The maximum atomic E-state index is 13.0. The van der Waals surface area contributed by atoms with Crippen LogP contribution in [0.1, 0.15) is 48.9 Å². The Bertz CT molecular complexity index is 708. The maximum Gasteiger partial charge on any atom is 0.252 e. The smallest absolute Gasteiger partial charge is 0.252 e. The van der Waals surface area contributed by atoms with Gasteiger partial charge in [-0.1, -0.05) is 18.6 Å². The summed E-state index contributed by atoms with van der Waals surface area (Å²) in [7, 11) is -3.62. The van der Waals surface area contributed by atoms with E-state index in [2.05, 4.69) is 10.6 Å². The van der Waals surface area contributed by atoms with E-state index in [-0.39, 0.29) is 16.4 Å². The number of piperidine rings is 2. The number of rotatable bonds is 6. The average molecular weight is 380 g/mol. The molecule has 0 aliphatic carbocycles. The molecule has 1 aromatic carbocycles. The Balaban J connectivity index is 1.66. The molecule has 0 aromatic heterocycles. The third kappa shape index (κ3) is 4.64. The summed E-state index contributed by atoms with van der Waals surface area (Å²) in [5.41, 5.74) is 0.250. The van der Waals surface area contributed by atoms with Crippen LogP contribution in [0, 0.1) is 5.92 Å².